The van der Waals surface area contributed by atoms with Gasteiger partial charge in [0.15, 0.2) is 11.9 Å². The first-order valence-electron chi connectivity index (χ1n) is 7.66. The highest BCUT2D eigenvalue weighted by atomic mass is 35.5. The number of fused-ring (bicyclic) bond motifs is 1. The Kier molecular flexibility index (Phi) is 5.06. The van der Waals surface area contributed by atoms with Gasteiger partial charge in [0.25, 0.3) is 0 Å². The molecule has 7 nitrogen and oxygen atoms in total. The van der Waals surface area contributed by atoms with Crippen LogP contribution >= 0.6 is 11.6 Å². The van der Waals surface area contributed by atoms with Crippen molar-refractivity contribution in [3.05, 3.63) is 69.5 Å². The third-order valence-corrected chi connectivity index (χ3v) is 4.01. The minimum Gasteiger partial charge on any atom is -0.403 e. The number of pyridine rings is 1. The molecule has 0 spiro atoms. The molecule has 3 N–H and O–H groups in total. The molecular weight excluding hydrogens is 399 g/mol. The average Bonchev–Trinajstić information content (AvgIpc) is 2.66. The van der Waals surface area contributed by atoms with Crippen LogP contribution in [-0.2, 0) is 11.0 Å². The van der Waals surface area contributed by atoms with Crippen LogP contribution in [0.25, 0.3) is 16.7 Å². The quantitative estimate of drug-likeness (QED) is 0.507. The molecule has 0 aliphatic heterocycles. The van der Waals surface area contributed by atoms with Crippen LogP contribution < -0.4 is 16.7 Å². The zero-order chi connectivity index (χ0) is 20.5. The molecule has 0 radical (unpaired) electrons. The number of nitrogens with one attached hydrogen (secondary N) is 1. The number of carbonyl (C=O) groups excluding carboxylic acids is 1. The molecule has 0 aliphatic rings. The number of hydrogen-bond donors (Lipinski definition) is 2. The minimum absolute atomic E-state index is 0.0497. The van der Waals surface area contributed by atoms with Gasteiger partial charge in [-0.15, -0.1) is 0 Å². The first-order valence-corrected chi connectivity index (χ1v) is 8.04. The van der Waals surface area contributed by atoms with Crippen molar-refractivity contribution in [3.8, 4) is 5.69 Å². The number of allylic oxidation sites excluding steroid dienone is 1. The van der Waals surface area contributed by atoms with E-state index in [0.29, 0.717) is 6.29 Å². The molecule has 0 saturated heterocycles. The summed E-state index contributed by atoms with van der Waals surface area (Å²) in [5, 5.41) is 2.67. The Hall–Kier alpha value is -3.40. The van der Waals surface area contributed by atoms with Crippen molar-refractivity contribution < 1.29 is 18.0 Å². The summed E-state index contributed by atoms with van der Waals surface area (Å²) in [6.07, 6.45) is -3.44. The largest absolute Gasteiger partial charge is 0.433 e. The topological polar surface area (TPSA) is 103 Å². The lowest BCUT2D eigenvalue weighted by atomic mass is 10.2. The van der Waals surface area contributed by atoms with Crippen LogP contribution in [0.4, 0.5) is 19.0 Å². The Morgan fingerprint density at radius 1 is 1.18 bits per heavy atom. The second-order valence-corrected chi connectivity index (χ2v) is 5.87. The molecular formula is C17H11ClF3N5O2. The molecule has 0 fully saturated rings. The number of benzene rings is 1. The van der Waals surface area contributed by atoms with Gasteiger partial charge in [0.2, 0.25) is 0 Å². The Bertz CT molecular complexity index is 1160. The molecule has 0 aliphatic carbocycles. The summed E-state index contributed by atoms with van der Waals surface area (Å²) in [6.45, 7) is 0. The smallest absolute Gasteiger partial charge is 0.403 e. The lowest BCUT2D eigenvalue weighted by Gasteiger charge is -2.15. The van der Waals surface area contributed by atoms with Crippen LogP contribution in [-0.4, -0.2) is 20.8 Å². The van der Waals surface area contributed by atoms with E-state index in [1.807, 2.05) is 0 Å². The fourth-order valence-corrected chi connectivity index (χ4v) is 2.67. The Morgan fingerprint density at radius 2 is 1.89 bits per heavy atom. The predicted molar refractivity (Wildman–Crippen MR) is 97.1 cm³/mol. The third-order valence-electron chi connectivity index (χ3n) is 3.69. The average molecular weight is 410 g/mol. The number of halogens is 4. The van der Waals surface area contributed by atoms with E-state index in [2.05, 4.69) is 15.3 Å². The van der Waals surface area contributed by atoms with E-state index in [1.165, 1.54) is 12.1 Å². The van der Waals surface area contributed by atoms with Gasteiger partial charge < -0.3 is 11.1 Å². The van der Waals surface area contributed by atoms with Crippen molar-refractivity contribution >= 4 is 34.7 Å². The molecule has 3 rings (SSSR count). The van der Waals surface area contributed by atoms with Crippen LogP contribution in [0, 0.1) is 0 Å². The van der Waals surface area contributed by atoms with E-state index < -0.39 is 17.6 Å². The minimum atomic E-state index is -4.74. The highest BCUT2D eigenvalue weighted by molar-refractivity contribution is 6.32. The van der Waals surface area contributed by atoms with Crippen LogP contribution in [0.1, 0.15) is 5.69 Å². The molecule has 0 saturated carbocycles. The van der Waals surface area contributed by atoms with Crippen LogP contribution in [0.3, 0.4) is 0 Å². The summed E-state index contributed by atoms with van der Waals surface area (Å²) in [7, 11) is 0. The maximum absolute atomic E-state index is 13.2. The Morgan fingerprint density at radius 3 is 2.50 bits per heavy atom. The van der Waals surface area contributed by atoms with Gasteiger partial charge in [0.05, 0.1) is 21.8 Å². The summed E-state index contributed by atoms with van der Waals surface area (Å²) in [5.41, 5.74) is 2.76. The third kappa shape index (κ3) is 3.54. The number of nitrogens with zero attached hydrogens (tertiary/aromatic N) is 3. The molecule has 0 bridgehead atoms. The first kappa shape index (κ1) is 19.4. The van der Waals surface area contributed by atoms with E-state index in [0.717, 1.165) is 22.9 Å². The lowest BCUT2D eigenvalue weighted by molar-refractivity contribution is -0.141. The molecule has 1 aromatic carbocycles. The molecule has 0 unspecified atom stereocenters. The number of anilines is 1. The van der Waals surface area contributed by atoms with Gasteiger partial charge in [-0.25, -0.2) is 14.3 Å². The number of aldehydes is 1. The van der Waals surface area contributed by atoms with Crippen molar-refractivity contribution in [2.24, 2.45) is 5.73 Å². The lowest BCUT2D eigenvalue weighted by Crippen LogP contribution is -2.25. The van der Waals surface area contributed by atoms with E-state index in [4.69, 9.17) is 17.3 Å². The zero-order valence-electron chi connectivity index (χ0n) is 13.9. The second kappa shape index (κ2) is 7.31. The fourth-order valence-electron chi connectivity index (χ4n) is 2.45. The number of rotatable bonds is 4. The van der Waals surface area contributed by atoms with Crippen LogP contribution in [0.2, 0.25) is 5.02 Å². The maximum atomic E-state index is 13.2. The van der Waals surface area contributed by atoms with Gasteiger partial charge in [-0.2, -0.15) is 18.2 Å². The molecule has 2 aromatic heterocycles. The number of carbonyl (C=O) groups is 1. The molecule has 11 heteroatoms. The van der Waals surface area contributed by atoms with Crippen LogP contribution in [0.15, 0.2) is 53.1 Å². The van der Waals surface area contributed by atoms with Crippen LogP contribution in [0.5, 0.6) is 0 Å². The van der Waals surface area contributed by atoms with E-state index >= 15 is 0 Å². The molecule has 28 heavy (non-hydrogen) atoms. The highest BCUT2D eigenvalue weighted by Crippen LogP contribution is 2.31. The van der Waals surface area contributed by atoms with Gasteiger partial charge in [-0.05, 0) is 24.3 Å². The van der Waals surface area contributed by atoms with Crippen molar-refractivity contribution in [2.75, 3.05) is 5.32 Å². The van der Waals surface area contributed by atoms with Crippen molar-refractivity contribution in [2.45, 2.75) is 6.18 Å². The summed E-state index contributed by atoms with van der Waals surface area (Å²) in [6, 6.07) is 7.89. The summed E-state index contributed by atoms with van der Waals surface area (Å²) >= 11 is 6.10. The van der Waals surface area contributed by atoms with Crippen molar-refractivity contribution in [3.63, 3.8) is 0 Å². The SMILES string of the molecule is NC=C(C=O)Nc1nc(=O)n(-c2ccccc2Cl)c2nc(C(F)(F)F)ccc12. The summed E-state index contributed by atoms with van der Waals surface area (Å²) < 4.78 is 40.4. The molecule has 0 amide bonds. The van der Waals surface area contributed by atoms with E-state index in [-0.39, 0.29) is 33.3 Å². The van der Waals surface area contributed by atoms with Gasteiger partial charge in [-0.3, -0.25) is 4.79 Å². The number of para-hydroxylation sites is 1. The molecule has 144 valence electrons. The fraction of sp³-hybridized carbons (Fsp3) is 0.0588. The number of hydrogen-bond acceptors (Lipinski definition) is 6. The highest BCUT2D eigenvalue weighted by Gasteiger charge is 2.33. The zero-order valence-corrected chi connectivity index (χ0v) is 14.6. The Labute approximate surface area is 160 Å². The van der Waals surface area contributed by atoms with Gasteiger partial charge >= 0.3 is 11.9 Å². The predicted octanol–water partition coefficient (Wildman–Crippen LogP) is 2.86. The number of aromatic nitrogens is 3. The summed E-state index contributed by atoms with van der Waals surface area (Å²) in [4.78, 5) is 31.0. The maximum Gasteiger partial charge on any atom is 0.433 e. The molecule has 2 heterocycles. The van der Waals surface area contributed by atoms with E-state index in [1.54, 1.807) is 12.1 Å². The molecule has 0 atom stereocenters. The second-order valence-electron chi connectivity index (χ2n) is 5.46. The van der Waals surface area contributed by atoms with Crippen molar-refractivity contribution in [1.29, 1.82) is 0 Å². The van der Waals surface area contributed by atoms with Crippen molar-refractivity contribution in [1.82, 2.24) is 14.5 Å². The summed E-state index contributed by atoms with van der Waals surface area (Å²) in [5.74, 6) is -0.173. The van der Waals surface area contributed by atoms with Gasteiger partial charge in [-0.1, -0.05) is 23.7 Å². The molecule has 3 aromatic rings. The normalized spacial score (nSPS) is 12.2. The monoisotopic (exact) mass is 409 g/mol. The number of nitrogens with two attached hydrogens (primary N) is 1. The first-order chi connectivity index (χ1) is 13.3. The van der Waals surface area contributed by atoms with E-state index in [9.17, 15) is 22.8 Å². The number of alkyl halides is 3. The van der Waals surface area contributed by atoms with Gasteiger partial charge in [0.1, 0.15) is 11.5 Å². The standard InChI is InChI=1S/C17H11ClF3N5O2/c18-11-3-1-2-4-12(11)26-15-10(5-6-13(24-15)17(19,20)21)14(25-16(26)28)23-9(7-22)8-27/h1-8H,22H2,(H,23,25,28). The van der Waals surface area contributed by atoms with Gasteiger partial charge in [0, 0.05) is 6.20 Å². The Balaban J connectivity index is 2.40.